The monoisotopic (exact) mass is 224 g/mol. The average molecular weight is 224 g/mol. The average Bonchev–Trinajstić information content (AvgIpc) is 2.92. The van der Waals surface area contributed by atoms with Gasteiger partial charge >= 0.3 is 6.03 Å². The molecule has 1 aliphatic carbocycles. The van der Waals surface area contributed by atoms with Crippen molar-refractivity contribution < 1.29 is 4.79 Å². The minimum Gasteiger partial charge on any atom is -0.335 e. The Morgan fingerprint density at radius 2 is 2.27 bits per heavy atom. The van der Waals surface area contributed by atoms with Crippen molar-refractivity contribution in [2.75, 3.05) is 0 Å². The summed E-state index contributed by atoms with van der Waals surface area (Å²) >= 11 is 1.75. The van der Waals surface area contributed by atoms with Gasteiger partial charge in [0.25, 0.3) is 0 Å². The lowest BCUT2D eigenvalue weighted by Gasteiger charge is -2.04. The molecule has 1 heterocycles. The minimum absolute atomic E-state index is 0.0405. The largest absolute Gasteiger partial charge is 0.335 e. The third-order valence-electron chi connectivity index (χ3n) is 2.55. The zero-order valence-electron chi connectivity index (χ0n) is 9.09. The van der Waals surface area contributed by atoms with Crippen molar-refractivity contribution in [3.63, 3.8) is 0 Å². The second-order valence-corrected chi connectivity index (χ2v) is 5.39. The molecule has 0 unspecified atom stereocenters. The molecule has 1 aromatic heterocycles. The summed E-state index contributed by atoms with van der Waals surface area (Å²) in [6.45, 7) is 4.84. The van der Waals surface area contributed by atoms with E-state index in [4.69, 9.17) is 0 Å². The van der Waals surface area contributed by atoms with Crippen molar-refractivity contribution in [2.45, 2.75) is 39.3 Å². The SMILES string of the molecule is Cc1cc(CNC(=O)NC2CC2)sc1C. The van der Waals surface area contributed by atoms with Crippen LogP contribution in [0.25, 0.3) is 0 Å². The van der Waals surface area contributed by atoms with E-state index >= 15 is 0 Å². The zero-order chi connectivity index (χ0) is 10.8. The number of rotatable bonds is 3. The van der Waals surface area contributed by atoms with Crippen LogP contribution in [0.1, 0.15) is 28.2 Å². The molecule has 2 amide bonds. The molecule has 3 nitrogen and oxygen atoms in total. The molecule has 2 rings (SSSR count). The fraction of sp³-hybridized carbons (Fsp3) is 0.545. The lowest BCUT2D eigenvalue weighted by Crippen LogP contribution is -2.36. The number of urea groups is 1. The zero-order valence-corrected chi connectivity index (χ0v) is 9.91. The molecule has 2 N–H and O–H groups in total. The van der Waals surface area contributed by atoms with Gasteiger partial charge in [0, 0.05) is 15.8 Å². The third-order valence-corrected chi connectivity index (χ3v) is 3.71. The number of carbonyl (C=O) groups is 1. The maximum Gasteiger partial charge on any atom is 0.315 e. The van der Waals surface area contributed by atoms with E-state index in [1.807, 2.05) is 0 Å². The summed E-state index contributed by atoms with van der Waals surface area (Å²) in [5, 5.41) is 5.77. The molecular weight excluding hydrogens is 208 g/mol. The molecule has 1 fully saturated rings. The number of nitrogens with one attached hydrogen (secondary N) is 2. The second-order valence-electron chi connectivity index (χ2n) is 4.05. The number of aryl methyl sites for hydroxylation is 2. The molecule has 1 aliphatic rings. The van der Waals surface area contributed by atoms with Gasteiger partial charge in [-0.25, -0.2) is 4.79 Å². The molecule has 0 saturated heterocycles. The van der Waals surface area contributed by atoms with E-state index in [9.17, 15) is 4.79 Å². The molecule has 1 saturated carbocycles. The number of hydrogen-bond donors (Lipinski definition) is 2. The summed E-state index contributed by atoms with van der Waals surface area (Å²) in [5.74, 6) is 0. The highest BCUT2D eigenvalue weighted by Gasteiger charge is 2.22. The predicted molar refractivity (Wildman–Crippen MR) is 62.2 cm³/mol. The molecule has 0 spiro atoms. The lowest BCUT2D eigenvalue weighted by molar-refractivity contribution is 0.240. The summed E-state index contributed by atoms with van der Waals surface area (Å²) in [5.41, 5.74) is 1.31. The Balaban J connectivity index is 1.78. The van der Waals surface area contributed by atoms with Gasteiger partial charge in [0.2, 0.25) is 0 Å². The Morgan fingerprint density at radius 1 is 1.53 bits per heavy atom. The Labute approximate surface area is 93.9 Å². The molecule has 0 aliphatic heterocycles. The quantitative estimate of drug-likeness (QED) is 0.813. The van der Waals surface area contributed by atoms with Crippen LogP contribution in [-0.4, -0.2) is 12.1 Å². The van der Waals surface area contributed by atoms with E-state index in [1.54, 1.807) is 11.3 Å². The fourth-order valence-corrected chi connectivity index (χ4v) is 2.36. The van der Waals surface area contributed by atoms with Gasteiger partial charge < -0.3 is 10.6 Å². The Hall–Kier alpha value is -1.03. The number of amides is 2. The maximum atomic E-state index is 11.3. The van der Waals surface area contributed by atoms with Crippen LogP contribution < -0.4 is 10.6 Å². The van der Waals surface area contributed by atoms with E-state index < -0.39 is 0 Å². The van der Waals surface area contributed by atoms with E-state index in [0.717, 1.165) is 12.8 Å². The first-order chi connectivity index (χ1) is 7.15. The Bertz CT molecular complexity index is 349. The summed E-state index contributed by atoms with van der Waals surface area (Å²) < 4.78 is 0. The van der Waals surface area contributed by atoms with Gasteiger partial charge in [-0.05, 0) is 38.3 Å². The van der Waals surface area contributed by atoms with Crippen LogP contribution >= 0.6 is 11.3 Å². The number of thiophene rings is 1. The summed E-state index contributed by atoms with van der Waals surface area (Å²) in [6.07, 6.45) is 2.26. The van der Waals surface area contributed by atoms with Crippen LogP contribution in [0.15, 0.2) is 6.07 Å². The molecule has 4 heteroatoms. The fourth-order valence-electron chi connectivity index (χ4n) is 1.37. The molecular formula is C11H16N2OS. The van der Waals surface area contributed by atoms with Crippen molar-refractivity contribution in [1.82, 2.24) is 10.6 Å². The van der Waals surface area contributed by atoms with Crippen molar-refractivity contribution in [3.05, 3.63) is 21.4 Å². The van der Waals surface area contributed by atoms with Crippen LogP contribution in [0.2, 0.25) is 0 Å². The predicted octanol–water partition coefficient (Wildman–Crippen LogP) is 2.33. The van der Waals surface area contributed by atoms with Crippen molar-refractivity contribution in [1.29, 1.82) is 0 Å². The minimum atomic E-state index is -0.0405. The summed E-state index contributed by atoms with van der Waals surface area (Å²) in [6, 6.07) is 2.52. The van der Waals surface area contributed by atoms with Gasteiger partial charge in [0.05, 0.1) is 6.54 Å². The summed E-state index contributed by atoms with van der Waals surface area (Å²) in [7, 11) is 0. The highest BCUT2D eigenvalue weighted by Crippen LogP contribution is 2.20. The van der Waals surface area contributed by atoms with Crippen molar-refractivity contribution >= 4 is 17.4 Å². The third kappa shape index (κ3) is 2.96. The van der Waals surface area contributed by atoms with Gasteiger partial charge in [-0.3, -0.25) is 0 Å². The summed E-state index contributed by atoms with van der Waals surface area (Å²) in [4.78, 5) is 13.9. The normalized spacial score (nSPS) is 15.1. The Kier molecular flexibility index (Phi) is 2.95. The van der Waals surface area contributed by atoms with Gasteiger partial charge in [-0.1, -0.05) is 0 Å². The molecule has 82 valence electrons. The number of hydrogen-bond acceptors (Lipinski definition) is 2. The first-order valence-electron chi connectivity index (χ1n) is 5.25. The van der Waals surface area contributed by atoms with Crippen LogP contribution in [0.3, 0.4) is 0 Å². The first kappa shape index (κ1) is 10.5. The van der Waals surface area contributed by atoms with Gasteiger partial charge in [0.1, 0.15) is 0 Å². The molecule has 0 aromatic carbocycles. The molecule has 1 aromatic rings. The van der Waals surface area contributed by atoms with Gasteiger partial charge in [0.15, 0.2) is 0 Å². The van der Waals surface area contributed by atoms with Crippen LogP contribution in [0.4, 0.5) is 4.79 Å². The van der Waals surface area contributed by atoms with Gasteiger partial charge in [-0.15, -0.1) is 11.3 Å². The standard InChI is InChI=1S/C11H16N2OS/c1-7-5-10(15-8(7)2)6-12-11(14)13-9-3-4-9/h5,9H,3-4,6H2,1-2H3,(H2,12,13,14). The topological polar surface area (TPSA) is 41.1 Å². The maximum absolute atomic E-state index is 11.3. The van der Waals surface area contributed by atoms with Gasteiger partial charge in [-0.2, -0.15) is 0 Å². The first-order valence-corrected chi connectivity index (χ1v) is 6.07. The van der Waals surface area contributed by atoms with E-state index in [0.29, 0.717) is 12.6 Å². The van der Waals surface area contributed by atoms with E-state index in [1.165, 1.54) is 15.3 Å². The lowest BCUT2D eigenvalue weighted by atomic mass is 10.3. The van der Waals surface area contributed by atoms with E-state index in [2.05, 4.69) is 30.5 Å². The smallest absolute Gasteiger partial charge is 0.315 e. The van der Waals surface area contributed by atoms with Crippen LogP contribution in [0, 0.1) is 13.8 Å². The number of carbonyl (C=O) groups excluding carboxylic acids is 1. The molecule has 0 radical (unpaired) electrons. The van der Waals surface area contributed by atoms with Crippen molar-refractivity contribution in [2.24, 2.45) is 0 Å². The van der Waals surface area contributed by atoms with Crippen LogP contribution in [0.5, 0.6) is 0 Å². The second kappa shape index (κ2) is 4.23. The van der Waals surface area contributed by atoms with Crippen LogP contribution in [-0.2, 0) is 6.54 Å². The highest BCUT2D eigenvalue weighted by molar-refractivity contribution is 7.12. The molecule has 15 heavy (non-hydrogen) atoms. The van der Waals surface area contributed by atoms with E-state index in [-0.39, 0.29) is 6.03 Å². The highest BCUT2D eigenvalue weighted by atomic mass is 32.1. The molecule has 0 bridgehead atoms. The Morgan fingerprint density at radius 3 is 2.80 bits per heavy atom. The molecule has 0 atom stereocenters. The van der Waals surface area contributed by atoms with Crippen molar-refractivity contribution in [3.8, 4) is 0 Å².